The van der Waals surface area contributed by atoms with Gasteiger partial charge in [0, 0.05) is 13.0 Å². The van der Waals surface area contributed by atoms with Crippen LogP contribution in [0.3, 0.4) is 0 Å². The van der Waals surface area contributed by atoms with Gasteiger partial charge in [0.1, 0.15) is 0 Å². The van der Waals surface area contributed by atoms with E-state index in [1.165, 1.54) is 24.8 Å². The van der Waals surface area contributed by atoms with E-state index in [9.17, 15) is 0 Å². The van der Waals surface area contributed by atoms with E-state index in [0.717, 1.165) is 0 Å². The molecule has 3 rings (SSSR count). The van der Waals surface area contributed by atoms with Crippen molar-refractivity contribution in [3.05, 3.63) is 47.7 Å². The van der Waals surface area contributed by atoms with Crippen molar-refractivity contribution < 1.29 is 4.42 Å². The first kappa shape index (κ1) is 13.3. The lowest BCUT2D eigenvalue weighted by atomic mass is 9.77. The molecule has 20 heavy (non-hydrogen) atoms. The molecule has 4 heteroatoms. The van der Waals surface area contributed by atoms with E-state index in [0.29, 0.717) is 23.7 Å². The second-order valence-corrected chi connectivity index (χ2v) is 5.63. The molecule has 2 atom stereocenters. The van der Waals surface area contributed by atoms with E-state index in [1.807, 2.05) is 6.92 Å². The second-order valence-electron chi connectivity index (χ2n) is 5.63. The summed E-state index contributed by atoms with van der Waals surface area (Å²) >= 11 is 0. The van der Waals surface area contributed by atoms with Gasteiger partial charge in [-0.25, -0.2) is 0 Å². The van der Waals surface area contributed by atoms with Crippen LogP contribution < -0.4 is 5.32 Å². The molecule has 1 N–H and O–H groups in total. The zero-order valence-corrected chi connectivity index (χ0v) is 12.0. The van der Waals surface area contributed by atoms with E-state index in [4.69, 9.17) is 4.42 Å². The fraction of sp³-hybridized carbons (Fsp3) is 0.500. The van der Waals surface area contributed by atoms with Crippen molar-refractivity contribution in [2.45, 2.75) is 45.2 Å². The third kappa shape index (κ3) is 2.75. The molecule has 1 aliphatic rings. The van der Waals surface area contributed by atoms with Gasteiger partial charge < -0.3 is 4.42 Å². The molecule has 1 fully saturated rings. The summed E-state index contributed by atoms with van der Waals surface area (Å²) in [5.41, 5.74) is 1.35. The largest absolute Gasteiger partial charge is 0.424 e. The van der Waals surface area contributed by atoms with Gasteiger partial charge in [0.25, 0.3) is 0 Å². The van der Waals surface area contributed by atoms with Crippen molar-refractivity contribution in [1.82, 2.24) is 15.5 Å². The number of hydrogen-bond donors (Lipinski definition) is 1. The average molecular weight is 271 g/mol. The van der Waals surface area contributed by atoms with Crippen molar-refractivity contribution in [1.29, 1.82) is 0 Å². The van der Waals surface area contributed by atoms with Crippen LogP contribution in [0, 0.1) is 12.8 Å². The summed E-state index contributed by atoms with van der Waals surface area (Å²) < 4.78 is 5.53. The lowest BCUT2D eigenvalue weighted by molar-refractivity contribution is 0.211. The Morgan fingerprint density at radius 2 is 1.95 bits per heavy atom. The summed E-state index contributed by atoms with van der Waals surface area (Å²) in [4.78, 5) is 0. The fourth-order valence-corrected chi connectivity index (χ4v) is 2.77. The summed E-state index contributed by atoms with van der Waals surface area (Å²) in [5, 5.41) is 11.7. The van der Waals surface area contributed by atoms with E-state index in [-0.39, 0.29) is 6.04 Å². The number of nitrogens with one attached hydrogen (secondary N) is 1. The second kappa shape index (κ2) is 5.75. The summed E-state index contributed by atoms with van der Waals surface area (Å²) in [5.74, 6) is 2.00. The van der Waals surface area contributed by atoms with Gasteiger partial charge in [-0.05, 0) is 31.2 Å². The van der Waals surface area contributed by atoms with Gasteiger partial charge in [0.15, 0.2) is 0 Å². The molecule has 1 aromatic carbocycles. The average Bonchev–Trinajstić information content (AvgIpc) is 2.84. The highest BCUT2D eigenvalue weighted by atomic mass is 16.4. The molecule has 0 radical (unpaired) electrons. The van der Waals surface area contributed by atoms with Gasteiger partial charge in [-0.1, -0.05) is 36.8 Å². The molecule has 0 spiro atoms. The van der Waals surface area contributed by atoms with Gasteiger partial charge in [0.2, 0.25) is 11.8 Å². The van der Waals surface area contributed by atoms with Gasteiger partial charge >= 0.3 is 0 Å². The van der Waals surface area contributed by atoms with Crippen molar-refractivity contribution >= 4 is 0 Å². The van der Waals surface area contributed by atoms with Crippen LogP contribution in [0.15, 0.2) is 34.7 Å². The molecule has 0 aliphatic heterocycles. The highest BCUT2D eigenvalue weighted by molar-refractivity contribution is 5.20. The lowest BCUT2D eigenvalue weighted by Crippen LogP contribution is -2.34. The first-order valence-corrected chi connectivity index (χ1v) is 7.35. The minimum atomic E-state index is 0.0713. The molecule has 1 aliphatic carbocycles. The van der Waals surface area contributed by atoms with E-state index >= 15 is 0 Å². The summed E-state index contributed by atoms with van der Waals surface area (Å²) in [6.07, 6.45) is 3.92. The maximum absolute atomic E-state index is 5.53. The maximum Gasteiger partial charge on any atom is 0.233 e. The Hall–Kier alpha value is -1.68. The van der Waals surface area contributed by atoms with Crippen molar-refractivity contribution in [3.63, 3.8) is 0 Å². The highest BCUT2D eigenvalue weighted by Crippen LogP contribution is 2.38. The van der Waals surface area contributed by atoms with E-state index < -0.39 is 0 Å². The Kier molecular flexibility index (Phi) is 3.83. The summed E-state index contributed by atoms with van der Waals surface area (Å²) in [7, 11) is 0. The predicted molar refractivity (Wildman–Crippen MR) is 77.1 cm³/mol. The molecule has 0 saturated heterocycles. The zero-order chi connectivity index (χ0) is 13.9. The summed E-state index contributed by atoms with van der Waals surface area (Å²) in [6.45, 7) is 3.91. The van der Waals surface area contributed by atoms with Crippen LogP contribution >= 0.6 is 0 Å². The predicted octanol–water partition coefficient (Wildman–Crippen LogP) is 3.57. The molecular weight excluding hydrogens is 250 g/mol. The first-order valence-electron chi connectivity index (χ1n) is 7.35. The van der Waals surface area contributed by atoms with Crippen LogP contribution in [0.1, 0.15) is 55.6 Å². The zero-order valence-electron chi connectivity index (χ0n) is 12.0. The Morgan fingerprint density at radius 3 is 2.50 bits per heavy atom. The number of aryl methyl sites for hydroxylation is 1. The van der Waals surface area contributed by atoms with Crippen LogP contribution in [0.2, 0.25) is 0 Å². The van der Waals surface area contributed by atoms with Crippen LogP contribution in [0.25, 0.3) is 0 Å². The quantitative estimate of drug-likeness (QED) is 0.903. The maximum atomic E-state index is 5.53. The van der Waals surface area contributed by atoms with Gasteiger partial charge in [-0.2, -0.15) is 0 Å². The third-order valence-corrected chi connectivity index (χ3v) is 4.12. The molecule has 0 amide bonds. The number of benzene rings is 1. The van der Waals surface area contributed by atoms with E-state index in [1.54, 1.807) is 0 Å². The minimum absolute atomic E-state index is 0.0713. The number of aromatic nitrogens is 2. The monoisotopic (exact) mass is 271 g/mol. The van der Waals surface area contributed by atoms with Gasteiger partial charge in [-0.3, -0.25) is 5.32 Å². The number of hydrogen-bond acceptors (Lipinski definition) is 4. The van der Waals surface area contributed by atoms with Crippen molar-refractivity contribution in [3.8, 4) is 0 Å². The van der Waals surface area contributed by atoms with Gasteiger partial charge in [0.05, 0.1) is 6.04 Å². The normalized spacial score (nSPS) is 18.5. The standard InChI is InChI=1S/C16H21N3O/c1-11(16-19-18-12(2)20-16)17-15(14-9-6-10-14)13-7-4-3-5-8-13/h3-5,7-8,11,14-15,17H,6,9-10H2,1-2H3. The number of nitrogens with zero attached hydrogens (tertiary/aromatic N) is 2. The number of rotatable bonds is 5. The molecular formula is C16H21N3O. The molecule has 2 aromatic rings. The molecule has 106 valence electrons. The Morgan fingerprint density at radius 1 is 1.20 bits per heavy atom. The van der Waals surface area contributed by atoms with Gasteiger partial charge in [-0.15, -0.1) is 10.2 Å². The van der Waals surface area contributed by atoms with Crippen molar-refractivity contribution in [2.24, 2.45) is 5.92 Å². The highest BCUT2D eigenvalue weighted by Gasteiger charge is 2.30. The Bertz CT molecular complexity index is 548. The van der Waals surface area contributed by atoms with Crippen LogP contribution in [0.4, 0.5) is 0 Å². The van der Waals surface area contributed by atoms with E-state index in [2.05, 4.69) is 52.8 Å². The molecule has 1 saturated carbocycles. The lowest BCUT2D eigenvalue weighted by Gasteiger charge is -2.36. The molecule has 1 aromatic heterocycles. The minimum Gasteiger partial charge on any atom is -0.424 e. The van der Waals surface area contributed by atoms with Crippen LogP contribution in [0.5, 0.6) is 0 Å². The Labute approximate surface area is 119 Å². The van der Waals surface area contributed by atoms with Crippen LogP contribution in [-0.2, 0) is 0 Å². The summed E-state index contributed by atoms with van der Waals surface area (Å²) in [6, 6.07) is 11.1. The topological polar surface area (TPSA) is 51.0 Å². The fourth-order valence-electron chi connectivity index (χ4n) is 2.77. The molecule has 4 nitrogen and oxygen atoms in total. The van der Waals surface area contributed by atoms with Crippen LogP contribution in [-0.4, -0.2) is 10.2 Å². The third-order valence-electron chi connectivity index (χ3n) is 4.12. The van der Waals surface area contributed by atoms with Crippen molar-refractivity contribution in [2.75, 3.05) is 0 Å². The molecule has 2 unspecified atom stereocenters. The Balaban J connectivity index is 1.76. The smallest absolute Gasteiger partial charge is 0.233 e. The SMILES string of the molecule is Cc1nnc(C(C)NC(c2ccccc2)C2CCC2)o1. The molecule has 0 bridgehead atoms. The molecule has 1 heterocycles. The first-order chi connectivity index (χ1) is 9.74.